The van der Waals surface area contributed by atoms with Gasteiger partial charge in [-0.25, -0.2) is 15.0 Å². The van der Waals surface area contributed by atoms with E-state index in [1.807, 2.05) is 35.9 Å². The summed E-state index contributed by atoms with van der Waals surface area (Å²) >= 11 is 0. The molecule has 174 valence electrons. The van der Waals surface area contributed by atoms with Crippen molar-refractivity contribution in [2.75, 3.05) is 29.9 Å². The fraction of sp³-hybridized carbons (Fsp3) is 0.346. The Balaban J connectivity index is 1.20. The molecule has 0 spiro atoms. The minimum atomic E-state index is 0.576. The topological polar surface area (TPSA) is 70.8 Å². The Labute approximate surface area is 199 Å². The average Bonchev–Trinajstić information content (AvgIpc) is 3.32. The molecule has 2 saturated heterocycles. The lowest BCUT2D eigenvalue weighted by atomic mass is 9.83. The van der Waals surface area contributed by atoms with Crippen molar-refractivity contribution in [3.8, 4) is 17.1 Å². The second-order valence-electron chi connectivity index (χ2n) is 9.18. The van der Waals surface area contributed by atoms with Gasteiger partial charge in [0.1, 0.15) is 0 Å². The summed E-state index contributed by atoms with van der Waals surface area (Å²) in [6.45, 7) is 9.38. The lowest BCUT2D eigenvalue weighted by molar-refractivity contribution is -0.0139. The van der Waals surface area contributed by atoms with Gasteiger partial charge in [0, 0.05) is 66.8 Å². The predicted molar refractivity (Wildman–Crippen MR) is 134 cm³/mol. The zero-order valence-corrected chi connectivity index (χ0v) is 19.7. The van der Waals surface area contributed by atoms with Gasteiger partial charge in [0.15, 0.2) is 11.5 Å². The van der Waals surface area contributed by atoms with Crippen molar-refractivity contribution in [2.45, 2.75) is 38.9 Å². The Hall–Kier alpha value is -3.65. The summed E-state index contributed by atoms with van der Waals surface area (Å²) in [6.07, 6.45) is 7.34. The van der Waals surface area contributed by atoms with Crippen molar-refractivity contribution in [3.05, 3.63) is 61.2 Å². The number of anilines is 3. The van der Waals surface area contributed by atoms with Gasteiger partial charge in [-0.05, 0) is 51.1 Å². The molecular weight excluding hydrogens is 426 g/mol. The van der Waals surface area contributed by atoms with Gasteiger partial charge in [-0.2, -0.15) is 0 Å². The maximum Gasteiger partial charge on any atom is 0.213 e. The summed E-state index contributed by atoms with van der Waals surface area (Å²) < 4.78 is 7.59. The maximum atomic E-state index is 5.56. The Bertz CT molecular complexity index is 1320. The number of ether oxygens (including phenoxy) is 1. The second kappa shape index (κ2) is 8.29. The molecule has 1 N–H and O–H groups in total. The van der Waals surface area contributed by atoms with E-state index >= 15 is 0 Å². The van der Waals surface area contributed by atoms with E-state index in [0.717, 1.165) is 41.0 Å². The molecule has 3 aromatic heterocycles. The molecule has 8 nitrogen and oxygen atoms in total. The van der Waals surface area contributed by atoms with Crippen LogP contribution < -0.4 is 15.0 Å². The highest BCUT2D eigenvalue weighted by Gasteiger charge is 2.52. The normalized spacial score (nSPS) is 19.6. The third-order valence-electron chi connectivity index (χ3n) is 6.93. The number of fused-ring (bicyclic) bond motifs is 2. The van der Waals surface area contributed by atoms with Crippen LogP contribution in [0.2, 0.25) is 0 Å². The quantitative estimate of drug-likeness (QED) is 0.447. The summed E-state index contributed by atoms with van der Waals surface area (Å²) in [5.41, 5.74) is 4.95. The van der Waals surface area contributed by atoms with Crippen LogP contribution in [0.3, 0.4) is 0 Å². The van der Waals surface area contributed by atoms with E-state index in [-0.39, 0.29) is 0 Å². The third-order valence-corrected chi connectivity index (χ3v) is 6.93. The molecule has 2 atom stereocenters. The molecule has 2 aliphatic rings. The molecule has 0 aliphatic carbocycles. The largest absolute Gasteiger partial charge is 0.478 e. The van der Waals surface area contributed by atoms with Crippen LogP contribution in [0.1, 0.15) is 20.8 Å². The number of hydrogen-bond acceptors (Lipinski definition) is 7. The lowest BCUT2D eigenvalue weighted by Crippen LogP contribution is -2.80. The number of piperazine rings is 1. The van der Waals surface area contributed by atoms with Crippen LogP contribution in [0.15, 0.2) is 61.2 Å². The molecule has 0 bridgehead atoms. The highest BCUT2D eigenvalue weighted by atomic mass is 16.5. The van der Waals surface area contributed by atoms with E-state index in [1.54, 1.807) is 12.4 Å². The number of rotatable bonds is 7. The van der Waals surface area contributed by atoms with Crippen molar-refractivity contribution < 1.29 is 4.74 Å². The van der Waals surface area contributed by atoms with Gasteiger partial charge in [-0.15, -0.1) is 0 Å². The van der Waals surface area contributed by atoms with Crippen LogP contribution in [0.5, 0.6) is 5.88 Å². The molecule has 8 heteroatoms. The Morgan fingerprint density at radius 3 is 2.62 bits per heavy atom. The Kier molecular flexibility index (Phi) is 5.10. The molecule has 34 heavy (non-hydrogen) atoms. The first-order chi connectivity index (χ1) is 16.6. The predicted octanol–water partition coefficient (Wildman–Crippen LogP) is 4.21. The van der Waals surface area contributed by atoms with E-state index in [1.165, 1.54) is 12.2 Å². The van der Waals surface area contributed by atoms with Gasteiger partial charge >= 0.3 is 0 Å². The number of likely N-dealkylation sites (tertiary alicyclic amines) is 1. The monoisotopic (exact) mass is 455 g/mol. The number of nitrogens with one attached hydrogen (secondary N) is 1. The summed E-state index contributed by atoms with van der Waals surface area (Å²) in [4.78, 5) is 18.6. The number of pyridine rings is 1. The number of aromatic nitrogens is 4. The highest BCUT2D eigenvalue weighted by molar-refractivity contribution is 5.75. The zero-order chi connectivity index (χ0) is 23.2. The number of hydrogen-bond donors (Lipinski definition) is 1. The summed E-state index contributed by atoms with van der Waals surface area (Å²) in [7, 11) is 0. The van der Waals surface area contributed by atoms with Crippen LogP contribution >= 0.6 is 0 Å². The smallest absolute Gasteiger partial charge is 0.213 e. The zero-order valence-electron chi connectivity index (χ0n) is 19.7. The molecule has 4 aromatic rings. The van der Waals surface area contributed by atoms with Crippen LogP contribution in [0, 0.1) is 0 Å². The van der Waals surface area contributed by atoms with E-state index in [9.17, 15) is 0 Å². The molecule has 0 radical (unpaired) electrons. The summed E-state index contributed by atoms with van der Waals surface area (Å²) in [5.74, 6) is 1.32. The van der Waals surface area contributed by atoms with E-state index in [0.29, 0.717) is 24.6 Å². The van der Waals surface area contributed by atoms with Gasteiger partial charge in [-0.1, -0.05) is 0 Å². The summed E-state index contributed by atoms with van der Waals surface area (Å²) in [5, 5.41) is 3.44. The molecule has 2 fully saturated rings. The molecule has 0 saturated carbocycles. The molecule has 6 rings (SSSR count). The van der Waals surface area contributed by atoms with Crippen molar-refractivity contribution in [3.63, 3.8) is 0 Å². The van der Waals surface area contributed by atoms with Crippen molar-refractivity contribution in [1.29, 1.82) is 0 Å². The van der Waals surface area contributed by atoms with Crippen molar-refractivity contribution in [2.24, 2.45) is 0 Å². The number of imidazole rings is 1. The number of nitrogens with zero attached hydrogens (tertiary/aromatic N) is 6. The third kappa shape index (κ3) is 3.45. The first-order valence-corrected chi connectivity index (χ1v) is 11.9. The second-order valence-corrected chi connectivity index (χ2v) is 9.18. The summed E-state index contributed by atoms with van der Waals surface area (Å²) in [6, 6.07) is 14.5. The Morgan fingerprint density at radius 2 is 1.88 bits per heavy atom. The minimum Gasteiger partial charge on any atom is -0.478 e. The maximum absolute atomic E-state index is 5.56. The molecular formula is C26H29N7O. The lowest BCUT2D eigenvalue weighted by Gasteiger charge is -2.64. The molecule has 1 aromatic carbocycles. The van der Waals surface area contributed by atoms with E-state index < -0.39 is 0 Å². The van der Waals surface area contributed by atoms with Gasteiger partial charge in [-0.3, -0.25) is 9.30 Å². The SMILES string of the molecule is CCOc1cc(-c2cnc(Nc3ccc(N4C[C@@H]5C4CN5C(C)C)cc3)c3nccn23)ccn1. The van der Waals surface area contributed by atoms with Crippen LogP contribution in [-0.4, -0.2) is 62.1 Å². The van der Waals surface area contributed by atoms with E-state index in [4.69, 9.17) is 9.72 Å². The molecule has 5 heterocycles. The van der Waals surface area contributed by atoms with Crippen molar-refractivity contribution in [1.82, 2.24) is 24.3 Å². The van der Waals surface area contributed by atoms with Crippen LogP contribution in [0.4, 0.5) is 17.2 Å². The Morgan fingerprint density at radius 1 is 1.03 bits per heavy atom. The fourth-order valence-corrected chi connectivity index (χ4v) is 5.07. The number of benzene rings is 1. The highest BCUT2D eigenvalue weighted by Crippen LogP contribution is 2.39. The molecule has 1 unspecified atom stereocenters. The van der Waals surface area contributed by atoms with Crippen LogP contribution in [0.25, 0.3) is 16.9 Å². The first-order valence-electron chi connectivity index (χ1n) is 11.9. The molecule has 2 aliphatic heterocycles. The van der Waals surface area contributed by atoms with Crippen LogP contribution in [-0.2, 0) is 0 Å². The fourth-order valence-electron chi connectivity index (χ4n) is 5.07. The first kappa shape index (κ1) is 20.9. The van der Waals surface area contributed by atoms with E-state index in [2.05, 4.69) is 63.2 Å². The standard InChI is InChI=1S/C26H29N7O/c1-4-34-24-13-18(9-10-27-24)21-14-29-25(26-28-11-12-31(21)26)30-19-5-7-20(8-6-19)33-16-22-23(33)15-32(22)17(2)3/h5-14,17,22-23H,4,15-16H2,1-3H3,(H,29,30)/t22-,23?/m1/s1. The van der Waals surface area contributed by atoms with Gasteiger partial charge in [0.2, 0.25) is 5.88 Å². The van der Waals surface area contributed by atoms with Gasteiger partial charge < -0.3 is 15.0 Å². The minimum absolute atomic E-state index is 0.576. The molecule has 0 amide bonds. The van der Waals surface area contributed by atoms with Crippen molar-refractivity contribution >= 4 is 22.8 Å². The van der Waals surface area contributed by atoms with Gasteiger partial charge in [0.05, 0.1) is 24.5 Å². The van der Waals surface area contributed by atoms with Gasteiger partial charge in [0.25, 0.3) is 0 Å². The average molecular weight is 456 g/mol.